The highest BCUT2D eigenvalue weighted by Crippen LogP contribution is 2.28. The van der Waals surface area contributed by atoms with Gasteiger partial charge in [-0.2, -0.15) is 4.99 Å². The van der Waals surface area contributed by atoms with E-state index in [1.807, 2.05) is 12.1 Å². The average Bonchev–Trinajstić information content (AvgIpc) is 3.34. The Morgan fingerprint density at radius 1 is 1.09 bits per heavy atom. The quantitative estimate of drug-likeness (QED) is 0.251. The summed E-state index contributed by atoms with van der Waals surface area (Å²) in [5.41, 5.74) is 14.1. The van der Waals surface area contributed by atoms with Gasteiger partial charge in [-0.1, -0.05) is 18.7 Å². The van der Waals surface area contributed by atoms with Gasteiger partial charge in [-0.25, -0.2) is 9.79 Å². The smallest absolute Gasteiger partial charge is 0.325 e. The molecule has 1 saturated heterocycles. The standard InChI is InChI=1S/C24H28N8O3/c1-3-20(33)32-13-12-17(14-32)15-4-8-19(9-5-15)29-24(35)31-23(26)30-22(25)28-18-10-6-16(7-11-18)21(34)27-2/h3-11,17H,1,12-14H2,2H3,(H,27,34)(H6,25,26,28,29,30,31,35). The van der Waals surface area contributed by atoms with Crippen LogP contribution in [-0.2, 0) is 4.79 Å². The number of nitrogens with two attached hydrogens (primary N) is 2. The number of hydrogen-bond donors (Lipinski definition) is 5. The van der Waals surface area contributed by atoms with Crippen molar-refractivity contribution in [3.05, 3.63) is 72.3 Å². The van der Waals surface area contributed by atoms with E-state index >= 15 is 0 Å². The molecule has 3 rings (SSSR count). The molecule has 0 bridgehead atoms. The Hall–Kier alpha value is -4.67. The highest BCUT2D eigenvalue weighted by Gasteiger charge is 2.25. The number of rotatable bonds is 5. The number of nitrogens with one attached hydrogen (secondary N) is 3. The van der Waals surface area contributed by atoms with Crippen LogP contribution in [0.1, 0.15) is 28.3 Å². The number of nitrogens with zero attached hydrogens (tertiary/aromatic N) is 3. The number of carbonyl (C=O) groups is 3. The maximum Gasteiger partial charge on any atom is 0.325 e. The first-order valence-electron chi connectivity index (χ1n) is 10.9. The second-order valence-corrected chi connectivity index (χ2v) is 7.77. The molecule has 182 valence electrons. The van der Waals surface area contributed by atoms with Crippen LogP contribution in [0, 0.1) is 0 Å². The molecule has 0 saturated carbocycles. The third-order valence-corrected chi connectivity index (χ3v) is 5.39. The molecule has 0 radical (unpaired) electrons. The molecule has 1 aliphatic heterocycles. The first-order valence-corrected chi connectivity index (χ1v) is 10.9. The minimum absolute atomic E-state index is 0.0636. The van der Waals surface area contributed by atoms with Crippen LogP contribution in [0.3, 0.4) is 0 Å². The molecule has 0 aliphatic carbocycles. The van der Waals surface area contributed by atoms with E-state index in [4.69, 9.17) is 11.5 Å². The van der Waals surface area contributed by atoms with E-state index in [0.29, 0.717) is 30.0 Å². The molecule has 11 heteroatoms. The van der Waals surface area contributed by atoms with E-state index in [1.165, 1.54) is 6.08 Å². The average molecular weight is 477 g/mol. The van der Waals surface area contributed by atoms with Crippen molar-refractivity contribution in [1.29, 1.82) is 0 Å². The topological polar surface area (TPSA) is 167 Å². The maximum absolute atomic E-state index is 12.2. The molecule has 1 heterocycles. The molecule has 2 aromatic rings. The van der Waals surface area contributed by atoms with Gasteiger partial charge in [-0.05, 0) is 54.5 Å². The Bertz CT molecular complexity index is 1160. The van der Waals surface area contributed by atoms with Crippen LogP contribution < -0.4 is 27.4 Å². The van der Waals surface area contributed by atoms with Gasteiger partial charge in [0.2, 0.25) is 17.8 Å². The number of guanidine groups is 2. The minimum atomic E-state index is -0.592. The molecule has 0 aromatic heterocycles. The van der Waals surface area contributed by atoms with Crippen molar-refractivity contribution >= 4 is 41.1 Å². The third-order valence-electron chi connectivity index (χ3n) is 5.39. The van der Waals surface area contributed by atoms with Crippen molar-refractivity contribution in [2.24, 2.45) is 21.5 Å². The zero-order valence-corrected chi connectivity index (χ0v) is 19.3. The summed E-state index contributed by atoms with van der Waals surface area (Å²) in [4.78, 5) is 45.3. The largest absolute Gasteiger partial charge is 0.369 e. The fourth-order valence-electron chi connectivity index (χ4n) is 3.62. The van der Waals surface area contributed by atoms with Crippen molar-refractivity contribution < 1.29 is 14.4 Å². The summed E-state index contributed by atoms with van der Waals surface area (Å²) in [6, 6.07) is 13.2. The predicted octanol–water partition coefficient (Wildman–Crippen LogP) is 1.63. The monoisotopic (exact) mass is 476 g/mol. The second kappa shape index (κ2) is 11.5. The van der Waals surface area contributed by atoms with E-state index < -0.39 is 6.03 Å². The van der Waals surface area contributed by atoms with Gasteiger partial charge >= 0.3 is 6.03 Å². The summed E-state index contributed by atoms with van der Waals surface area (Å²) in [5, 5.41) is 7.57. The Balaban J connectivity index is 1.53. The zero-order valence-electron chi connectivity index (χ0n) is 19.3. The molecule has 1 aliphatic rings. The van der Waals surface area contributed by atoms with E-state index in [1.54, 1.807) is 48.3 Å². The summed E-state index contributed by atoms with van der Waals surface area (Å²) in [7, 11) is 1.54. The highest BCUT2D eigenvalue weighted by molar-refractivity contribution is 6.05. The van der Waals surface area contributed by atoms with Crippen molar-refractivity contribution in [3.8, 4) is 0 Å². The summed E-state index contributed by atoms with van der Waals surface area (Å²) >= 11 is 0. The van der Waals surface area contributed by atoms with Crippen LogP contribution in [0.25, 0.3) is 0 Å². The molecule has 4 amide bonds. The van der Waals surface area contributed by atoms with Crippen molar-refractivity contribution in [3.63, 3.8) is 0 Å². The van der Waals surface area contributed by atoms with Crippen molar-refractivity contribution in [1.82, 2.24) is 15.5 Å². The number of amides is 4. The molecular weight excluding hydrogens is 448 g/mol. The van der Waals surface area contributed by atoms with Gasteiger partial charge in [0.1, 0.15) is 0 Å². The van der Waals surface area contributed by atoms with Crippen LogP contribution in [0.2, 0.25) is 0 Å². The first kappa shape index (κ1) is 25.0. The lowest BCUT2D eigenvalue weighted by atomic mass is 9.98. The molecule has 35 heavy (non-hydrogen) atoms. The van der Waals surface area contributed by atoms with Crippen LogP contribution in [0.4, 0.5) is 16.2 Å². The number of benzene rings is 2. The van der Waals surface area contributed by atoms with Gasteiger partial charge < -0.3 is 27.0 Å². The fourth-order valence-corrected chi connectivity index (χ4v) is 3.62. The van der Waals surface area contributed by atoms with Crippen molar-refractivity contribution in [2.75, 3.05) is 25.5 Å². The van der Waals surface area contributed by atoms with Crippen LogP contribution in [0.15, 0.2) is 71.2 Å². The maximum atomic E-state index is 12.2. The minimum Gasteiger partial charge on any atom is -0.369 e. The molecule has 11 nitrogen and oxygen atoms in total. The molecule has 1 atom stereocenters. The van der Waals surface area contributed by atoms with E-state index in [2.05, 4.69) is 32.5 Å². The summed E-state index contributed by atoms with van der Waals surface area (Å²) in [6.07, 6.45) is 2.20. The van der Waals surface area contributed by atoms with Gasteiger partial charge in [-0.15, -0.1) is 0 Å². The SMILES string of the molecule is C=CC(=O)N1CCC(c2ccc(NC(=O)N/C(N)=N\C(N)=Nc3ccc(C(=O)NC)cc3)cc2)C1. The lowest BCUT2D eigenvalue weighted by Gasteiger charge is -2.15. The van der Waals surface area contributed by atoms with Gasteiger partial charge in [0, 0.05) is 37.3 Å². The Labute approximate surface area is 203 Å². The lowest BCUT2D eigenvalue weighted by molar-refractivity contribution is -0.125. The summed E-state index contributed by atoms with van der Waals surface area (Å²) < 4.78 is 0. The number of aliphatic imine (C=N–C) groups is 2. The summed E-state index contributed by atoms with van der Waals surface area (Å²) in [5.74, 6) is -0.440. The first-order chi connectivity index (χ1) is 16.8. The number of hydrogen-bond acceptors (Lipinski definition) is 4. The second-order valence-electron chi connectivity index (χ2n) is 7.77. The third kappa shape index (κ3) is 6.90. The van der Waals surface area contributed by atoms with Gasteiger partial charge in [-0.3, -0.25) is 14.9 Å². The van der Waals surface area contributed by atoms with E-state index in [0.717, 1.165) is 12.0 Å². The number of carbonyl (C=O) groups excluding carboxylic acids is 3. The predicted molar refractivity (Wildman–Crippen MR) is 135 cm³/mol. The highest BCUT2D eigenvalue weighted by atomic mass is 16.2. The van der Waals surface area contributed by atoms with Crippen LogP contribution >= 0.6 is 0 Å². The van der Waals surface area contributed by atoms with Gasteiger partial charge in [0.15, 0.2) is 0 Å². The Morgan fingerprint density at radius 3 is 2.40 bits per heavy atom. The fraction of sp³-hybridized carbons (Fsp3) is 0.208. The molecule has 0 spiro atoms. The van der Waals surface area contributed by atoms with Gasteiger partial charge in [0.05, 0.1) is 5.69 Å². The summed E-state index contributed by atoms with van der Waals surface area (Å²) in [6.45, 7) is 4.87. The Morgan fingerprint density at radius 2 is 1.77 bits per heavy atom. The molecule has 1 unspecified atom stereocenters. The molecule has 1 fully saturated rings. The molecule has 7 N–H and O–H groups in total. The van der Waals surface area contributed by atoms with E-state index in [-0.39, 0.29) is 29.7 Å². The van der Waals surface area contributed by atoms with Crippen LogP contribution in [-0.4, -0.2) is 54.8 Å². The van der Waals surface area contributed by atoms with Crippen LogP contribution in [0.5, 0.6) is 0 Å². The lowest BCUT2D eigenvalue weighted by Crippen LogP contribution is -2.40. The molecule has 2 aromatic carbocycles. The number of urea groups is 1. The zero-order chi connectivity index (χ0) is 25.4. The van der Waals surface area contributed by atoms with Crippen molar-refractivity contribution in [2.45, 2.75) is 12.3 Å². The normalized spacial score (nSPS) is 15.9. The number of likely N-dealkylation sites (tertiary alicyclic amines) is 1. The van der Waals surface area contributed by atoms with Gasteiger partial charge in [0.25, 0.3) is 5.91 Å². The van der Waals surface area contributed by atoms with E-state index in [9.17, 15) is 14.4 Å². The Kier molecular flexibility index (Phi) is 8.17. The molecular formula is C24H28N8O3. The number of anilines is 1.